The lowest BCUT2D eigenvalue weighted by Gasteiger charge is -1.98. The van der Waals surface area contributed by atoms with Crippen molar-refractivity contribution < 1.29 is 4.39 Å². The molecule has 1 heterocycles. The molecule has 0 fully saturated rings. The quantitative estimate of drug-likeness (QED) is 0.689. The van der Waals surface area contributed by atoms with E-state index in [0.29, 0.717) is 0 Å². The van der Waals surface area contributed by atoms with Crippen LogP contribution in [-0.4, -0.2) is 4.98 Å². The summed E-state index contributed by atoms with van der Waals surface area (Å²) in [6.07, 6.45) is 0.800. The van der Waals surface area contributed by atoms with Crippen molar-refractivity contribution in [3.05, 3.63) is 71.2 Å². The summed E-state index contributed by atoms with van der Waals surface area (Å²) >= 11 is 0. The highest BCUT2D eigenvalue weighted by Gasteiger charge is 2.02. The van der Waals surface area contributed by atoms with Gasteiger partial charge in [0, 0.05) is 17.6 Å². The molecule has 0 spiro atoms. The minimum absolute atomic E-state index is 0.189. The molecule has 0 unspecified atom stereocenters. The molecule has 3 rings (SSSR count). The molecule has 1 nitrogen and oxygen atoms in total. The molecular formula is C16H14FN. The number of aromatic nitrogens is 1. The van der Waals surface area contributed by atoms with Gasteiger partial charge in [0.1, 0.15) is 5.82 Å². The Kier molecular flexibility index (Phi) is 2.63. The van der Waals surface area contributed by atoms with Crippen molar-refractivity contribution in [1.29, 1.82) is 0 Å². The summed E-state index contributed by atoms with van der Waals surface area (Å²) in [6, 6.07) is 15.2. The predicted octanol–water partition coefficient (Wildman–Crippen LogP) is 4.21. The maximum Gasteiger partial charge on any atom is 0.123 e. The minimum Gasteiger partial charge on any atom is -0.358 e. The second kappa shape index (κ2) is 4.30. The van der Waals surface area contributed by atoms with Crippen molar-refractivity contribution in [2.75, 3.05) is 0 Å². The molecule has 0 bridgehead atoms. The fraction of sp³-hybridized carbons (Fsp3) is 0.125. The zero-order valence-electron chi connectivity index (χ0n) is 10.2. The first-order valence-electron chi connectivity index (χ1n) is 6.03. The summed E-state index contributed by atoms with van der Waals surface area (Å²) in [5.41, 5.74) is 4.67. The van der Waals surface area contributed by atoms with Gasteiger partial charge in [-0.15, -0.1) is 0 Å². The molecule has 1 N–H and O–H groups in total. The van der Waals surface area contributed by atoms with Crippen LogP contribution < -0.4 is 0 Å². The molecule has 0 aliphatic heterocycles. The molecule has 2 heteroatoms. The molecule has 0 saturated heterocycles. The summed E-state index contributed by atoms with van der Waals surface area (Å²) in [4.78, 5) is 3.41. The molecular weight excluding hydrogens is 225 g/mol. The summed E-state index contributed by atoms with van der Waals surface area (Å²) in [7, 11) is 0. The molecule has 0 radical (unpaired) electrons. The Balaban J connectivity index is 1.92. The Morgan fingerprint density at radius 1 is 1.00 bits per heavy atom. The van der Waals surface area contributed by atoms with Gasteiger partial charge >= 0.3 is 0 Å². The Morgan fingerprint density at radius 3 is 2.56 bits per heavy atom. The van der Waals surface area contributed by atoms with E-state index in [0.717, 1.165) is 23.2 Å². The molecule has 0 amide bonds. The monoisotopic (exact) mass is 239 g/mol. The highest BCUT2D eigenvalue weighted by atomic mass is 19.1. The third kappa shape index (κ3) is 2.14. The van der Waals surface area contributed by atoms with Crippen molar-refractivity contribution in [3.8, 4) is 0 Å². The minimum atomic E-state index is -0.189. The maximum absolute atomic E-state index is 12.8. The van der Waals surface area contributed by atoms with Crippen molar-refractivity contribution in [2.24, 2.45) is 0 Å². The number of halogens is 1. The molecule has 0 aliphatic carbocycles. The predicted molar refractivity (Wildman–Crippen MR) is 72.2 cm³/mol. The summed E-state index contributed by atoms with van der Waals surface area (Å²) in [5.74, 6) is -0.189. The van der Waals surface area contributed by atoms with Crippen LogP contribution in [-0.2, 0) is 6.42 Å². The number of nitrogens with one attached hydrogen (secondary N) is 1. The van der Waals surface area contributed by atoms with Gasteiger partial charge in [-0.05, 0) is 47.7 Å². The Labute approximate surface area is 105 Å². The maximum atomic E-state index is 12.8. The van der Waals surface area contributed by atoms with E-state index in [1.54, 1.807) is 0 Å². The summed E-state index contributed by atoms with van der Waals surface area (Å²) in [6.45, 7) is 2.08. The molecule has 0 aliphatic rings. The van der Waals surface area contributed by atoms with Crippen LogP contribution in [0.4, 0.5) is 4.39 Å². The van der Waals surface area contributed by atoms with Crippen LogP contribution in [0.15, 0.2) is 48.5 Å². The number of aromatic amines is 1. The van der Waals surface area contributed by atoms with Gasteiger partial charge in [0.05, 0.1) is 0 Å². The van der Waals surface area contributed by atoms with Crippen LogP contribution in [0.5, 0.6) is 0 Å². The third-order valence-corrected chi connectivity index (χ3v) is 3.14. The Bertz CT molecular complexity index is 680. The summed E-state index contributed by atoms with van der Waals surface area (Å²) in [5, 5.41) is 1.22. The molecule has 18 heavy (non-hydrogen) atoms. The first-order valence-corrected chi connectivity index (χ1v) is 6.03. The van der Waals surface area contributed by atoms with Gasteiger partial charge in [-0.1, -0.05) is 24.3 Å². The van der Waals surface area contributed by atoms with Crippen LogP contribution in [0.1, 0.15) is 16.8 Å². The van der Waals surface area contributed by atoms with E-state index < -0.39 is 0 Å². The van der Waals surface area contributed by atoms with Gasteiger partial charge in [-0.3, -0.25) is 0 Å². The number of H-pyrrole nitrogens is 1. The number of hydrogen-bond donors (Lipinski definition) is 1. The van der Waals surface area contributed by atoms with Crippen LogP contribution in [0.2, 0.25) is 0 Å². The van der Waals surface area contributed by atoms with Crippen LogP contribution in [0.25, 0.3) is 10.9 Å². The third-order valence-electron chi connectivity index (χ3n) is 3.14. The van der Waals surface area contributed by atoms with Gasteiger partial charge in [0.2, 0.25) is 0 Å². The number of aryl methyl sites for hydroxylation is 1. The van der Waals surface area contributed by atoms with Gasteiger partial charge in [-0.2, -0.15) is 0 Å². The standard InChI is InChI=1S/C16H14FN/c1-11-2-5-13-10-15(18-16(13)8-11)9-12-3-6-14(17)7-4-12/h2-8,10,18H,9H2,1H3. The van der Waals surface area contributed by atoms with E-state index in [2.05, 4.69) is 36.2 Å². The van der Waals surface area contributed by atoms with Crippen LogP contribution >= 0.6 is 0 Å². The number of fused-ring (bicyclic) bond motifs is 1. The Morgan fingerprint density at radius 2 is 1.78 bits per heavy atom. The highest BCUT2D eigenvalue weighted by Crippen LogP contribution is 2.19. The zero-order chi connectivity index (χ0) is 12.5. The SMILES string of the molecule is Cc1ccc2cc(Cc3ccc(F)cc3)[nH]c2c1. The molecule has 3 aromatic rings. The van der Waals surface area contributed by atoms with E-state index in [-0.39, 0.29) is 5.82 Å². The largest absolute Gasteiger partial charge is 0.358 e. The zero-order valence-corrected chi connectivity index (χ0v) is 10.2. The molecule has 0 atom stereocenters. The van der Waals surface area contributed by atoms with E-state index >= 15 is 0 Å². The lowest BCUT2D eigenvalue weighted by Crippen LogP contribution is -1.88. The second-order valence-electron chi connectivity index (χ2n) is 4.69. The topological polar surface area (TPSA) is 15.8 Å². The lowest BCUT2D eigenvalue weighted by atomic mass is 10.1. The fourth-order valence-electron chi connectivity index (χ4n) is 2.22. The normalized spacial score (nSPS) is 11.0. The first-order chi connectivity index (χ1) is 8.70. The number of hydrogen-bond acceptors (Lipinski definition) is 0. The van der Waals surface area contributed by atoms with E-state index in [9.17, 15) is 4.39 Å². The molecule has 90 valence electrons. The number of benzene rings is 2. The first kappa shape index (κ1) is 11.0. The molecule has 0 saturated carbocycles. The highest BCUT2D eigenvalue weighted by molar-refractivity contribution is 5.81. The summed E-state index contributed by atoms with van der Waals surface area (Å²) < 4.78 is 12.8. The van der Waals surface area contributed by atoms with Crippen LogP contribution in [0.3, 0.4) is 0 Å². The van der Waals surface area contributed by atoms with Crippen molar-refractivity contribution in [1.82, 2.24) is 4.98 Å². The van der Waals surface area contributed by atoms with Gasteiger partial charge in [0.25, 0.3) is 0 Å². The average Bonchev–Trinajstić information content (AvgIpc) is 2.73. The number of rotatable bonds is 2. The lowest BCUT2D eigenvalue weighted by molar-refractivity contribution is 0.627. The Hall–Kier alpha value is -2.09. The van der Waals surface area contributed by atoms with Crippen LogP contribution in [0, 0.1) is 12.7 Å². The van der Waals surface area contributed by atoms with E-state index in [1.807, 2.05) is 12.1 Å². The van der Waals surface area contributed by atoms with Gasteiger partial charge in [0.15, 0.2) is 0 Å². The van der Waals surface area contributed by atoms with E-state index in [1.165, 1.54) is 23.1 Å². The fourth-order valence-corrected chi connectivity index (χ4v) is 2.22. The second-order valence-corrected chi connectivity index (χ2v) is 4.69. The van der Waals surface area contributed by atoms with E-state index in [4.69, 9.17) is 0 Å². The average molecular weight is 239 g/mol. The van der Waals surface area contributed by atoms with Gasteiger partial charge in [-0.25, -0.2) is 4.39 Å². The van der Waals surface area contributed by atoms with Crippen molar-refractivity contribution in [3.63, 3.8) is 0 Å². The van der Waals surface area contributed by atoms with Crippen molar-refractivity contribution >= 4 is 10.9 Å². The van der Waals surface area contributed by atoms with Gasteiger partial charge < -0.3 is 4.98 Å². The molecule has 1 aromatic heterocycles. The smallest absolute Gasteiger partial charge is 0.123 e. The van der Waals surface area contributed by atoms with Crippen molar-refractivity contribution in [2.45, 2.75) is 13.3 Å². The molecule has 2 aromatic carbocycles.